The molecule has 6 nitrogen and oxygen atoms in total. The van der Waals surface area contributed by atoms with Gasteiger partial charge in [-0.2, -0.15) is 9.78 Å². The molecule has 2 heterocycles. The van der Waals surface area contributed by atoms with Gasteiger partial charge in [0.15, 0.2) is 0 Å². The SMILES string of the molecule is Cc1cc(N)n(C(=O)c2cnccn2)n1. The van der Waals surface area contributed by atoms with Gasteiger partial charge in [0.05, 0.1) is 11.9 Å². The summed E-state index contributed by atoms with van der Waals surface area (Å²) in [7, 11) is 0. The summed E-state index contributed by atoms with van der Waals surface area (Å²) < 4.78 is 1.11. The summed E-state index contributed by atoms with van der Waals surface area (Å²) in [6.07, 6.45) is 4.31. The molecule has 0 amide bonds. The second kappa shape index (κ2) is 3.49. The summed E-state index contributed by atoms with van der Waals surface area (Å²) in [4.78, 5) is 19.5. The van der Waals surface area contributed by atoms with Crippen molar-refractivity contribution in [1.82, 2.24) is 19.7 Å². The van der Waals surface area contributed by atoms with E-state index in [0.29, 0.717) is 11.5 Å². The van der Waals surface area contributed by atoms with E-state index in [4.69, 9.17) is 5.73 Å². The molecule has 0 aliphatic heterocycles. The molecular formula is C9H9N5O. The molecule has 0 spiro atoms. The van der Waals surface area contributed by atoms with Gasteiger partial charge in [0.1, 0.15) is 11.5 Å². The first-order chi connectivity index (χ1) is 7.18. The van der Waals surface area contributed by atoms with Gasteiger partial charge in [0.25, 0.3) is 5.91 Å². The minimum Gasteiger partial charge on any atom is -0.383 e. The summed E-state index contributed by atoms with van der Waals surface area (Å²) in [5, 5.41) is 3.96. The van der Waals surface area contributed by atoms with Crippen LogP contribution < -0.4 is 5.73 Å². The van der Waals surface area contributed by atoms with E-state index >= 15 is 0 Å². The average molecular weight is 203 g/mol. The molecule has 0 aliphatic rings. The van der Waals surface area contributed by atoms with E-state index in [2.05, 4.69) is 15.1 Å². The maximum Gasteiger partial charge on any atom is 0.300 e. The Hall–Kier alpha value is -2.24. The lowest BCUT2D eigenvalue weighted by Crippen LogP contribution is -2.17. The lowest BCUT2D eigenvalue weighted by Gasteiger charge is -2.00. The van der Waals surface area contributed by atoms with Crippen molar-refractivity contribution in [2.24, 2.45) is 0 Å². The van der Waals surface area contributed by atoms with Crippen LogP contribution in [0.1, 0.15) is 16.2 Å². The molecule has 0 bridgehead atoms. The number of hydrogen-bond acceptors (Lipinski definition) is 5. The predicted octanol–water partition coefficient (Wildman–Crippen LogP) is 0.252. The molecular weight excluding hydrogens is 194 g/mol. The van der Waals surface area contributed by atoms with Gasteiger partial charge in [-0.05, 0) is 6.92 Å². The number of nitrogens with zero attached hydrogens (tertiary/aromatic N) is 4. The lowest BCUT2D eigenvalue weighted by atomic mass is 10.4. The highest BCUT2D eigenvalue weighted by Gasteiger charge is 2.14. The molecule has 2 aromatic rings. The summed E-state index contributed by atoms with van der Waals surface area (Å²) in [6.45, 7) is 1.76. The molecule has 2 aromatic heterocycles. The van der Waals surface area contributed by atoms with Crippen molar-refractivity contribution in [2.45, 2.75) is 6.92 Å². The lowest BCUT2D eigenvalue weighted by molar-refractivity contribution is 0.0942. The van der Waals surface area contributed by atoms with Crippen molar-refractivity contribution < 1.29 is 4.79 Å². The van der Waals surface area contributed by atoms with E-state index in [-0.39, 0.29) is 11.6 Å². The number of hydrogen-bond donors (Lipinski definition) is 1. The van der Waals surface area contributed by atoms with Gasteiger partial charge in [-0.25, -0.2) is 4.98 Å². The molecule has 0 aromatic carbocycles. The minimum atomic E-state index is -0.381. The van der Waals surface area contributed by atoms with Crippen LogP contribution in [-0.4, -0.2) is 25.7 Å². The van der Waals surface area contributed by atoms with Crippen LogP contribution in [0.25, 0.3) is 0 Å². The fraction of sp³-hybridized carbons (Fsp3) is 0.111. The van der Waals surface area contributed by atoms with Crippen molar-refractivity contribution >= 4 is 11.7 Å². The summed E-state index contributed by atoms with van der Waals surface area (Å²) in [5.41, 5.74) is 6.51. The van der Waals surface area contributed by atoms with Gasteiger partial charge >= 0.3 is 0 Å². The monoisotopic (exact) mass is 203 g/mol. The maximum absolute atomic E-state index is 11.8. The van der Waals surface area contributed by atoms with E-state index in [1.807, 2.05) is 0 Å². The van der Waals surface area contributed by atoms with Crippen molar-refractivity contribution in [1.29, 1.82) is 0 Å². The number of anilines is 1. The number of carbonyl (C=O) groups is 1. The van der Waals surface area contributed by atoms with E-state index in [1.54, 1.807) is 13.0 Å². The average Bonchev–Trinajstić information content (AvgIpc) is 2.58. The third-order valence-electron chi connectivity index (χ3n) is 1.83. The van der Waals surface area contributed by atoms with Crippen LogP contribution >= 0.6 is 0 Å². The van der Waals surface area contributed by atoms with E-state index in [1.165, 1.54) is 18.6 Å². The van der Waals surface area contributed by atoms with Gasteiger partial charge in [-0.15, -0.1) is 0 Å². The van der Waals surface area contributed by atoms with Crippen molar-refractivity contribution in [3.63, 3.8) is 0 Å². The Bertz CT molecular complexity index is 490. The van der Waals surface area contributed by atoms with Crippen LogP contribution in [0.5, 0.6) is 0 Å². The molecule has 2 rings (SSSR count). The summed E-state index contributed by atoms with van der Waals surface area (Å²) in [5.74, 6) is -0.0862. The van der Waals surface area contributed by atoms with E-state index in [0.717, 1.165) is 4.68 Å². The smallest absolute Gasteiger partial charge is 0.300 e. The third kappa shape index (κ3) is 1.69. The fourth-order valence-corrected chi connectivity index (χ4v) is 1.20. The molecule has 0 unspecified atom stereocenters. The molecule has 0 saturated heterocycles. The zero-order valence-corrected chi connectivity index (χ0v) is 8.08. The Morgan fingerprint density at radius 1 is 1.47 bits per heavy atom. The van der Waals surface area contributed by atoms with Gasteiger partial charge < -0.3 is 5.73 Å². The molecule has 6 heteroatoms. The Labute approximate surface area is 85.8 Å². The Morgan fingerprint density at radius 3 is 2.80 bits per heavy atom. The highest BCUT2D eigenvalue weighted by molar-refractivity contribution is 5.94. The second-order valence-corrected chi connectivity index (χ2v) is 3.02. The molecule has 0 atom stereocenters. The molecule has 76 valence electrons. The zero-order valence-electron chi connectivity index (χ0n) is 8.08. The first-order valence-corrected chi connectivity index (χ1v) is 4.31. The summed E-state index contributed by atoms with van der Waals surface area (Å²) in [6, 6.07) is 1.62. The number of aromatic nitrogens is 4. The first kappa shape index (κ1) is 9.32. The van der Waals surface area contributed by atoms with Gasteiger partial charge in [-0.1, -0.05) is 0 Å². The van der Waals surface area contributed by atoms with E-state index < -0.39 is 0 Å². The number of aryl methyl sites for hydroxylation is 1. The van der Waals surface area contributed by atoms with Crippen molar-refractivity contribution in [3.05, 3.63) is 36.0 Å². The normalized spacial score (nSPS) is 10.2. The van der Waals surface area contributed by atoms with Gasteiger partial charge in [-0.3, -0.25) is 9.78 Å². The van der Waals surface area contributed by atoms with Crippen LogP contribution in [0.3, 0.4) is 0 Å². The van der Waals surface area contributed by atoms with Crippen molar-refractivity contribution in [2.75, 3.05) is 5.73 Å². The third-order valence-corrected chi connectivity index (χ3v) is 1.83. The first-order valence-electron chi connectivity index (χ1n) is 4.31. The largest absolute Gasteiger partial charge is 0.383 e. The Morgan fingerprint density at radius 2 is 2.27 bits per heavy atom. The Balaban J connectivity index is 2.41. The molecule has 15 heavy (non-hydrogen) atoms. The molecule has 0 saturated carbocycles. The van der Waals surface area contributed by atoms with E-state index in [9.17, 15) is 4.79 Å². The highest BCUT2D eigenvalue weighted by Crippen LogP contribution is 2.07. The fourth-order valence-electron chi connectivity index (χ4n) is 1.20. The van der Waals surface area contributed by atoms with Crippen LogP contribution in [0.15, 0.2) is 24.7 Å². The quantitative estimate of drug-likeness (QED) is 0.718. The van der Waals surface area contributed by atoms with Gasteiger partial charge in [0.2, 0.25) is 0 Å². The Kier molecular flexibility index (Phi) is 2.17. The molecule has 0 radical (unpaired) electrons. The topological polar surface area (TPSA) is 86.7 Å². The molecule has 0 fully saturated rings. The number of nitrogens with two attached hydrogens (primary N) is 1. The van der Waals surface area contributed by atoms with Crippen LogP contribution in [0.4, 0.5) is 5.82 Å². The van der Waals surface area contributed by atoms with Gasteiger partial charge in [0, 0.05) is 18.5 Å². The maximum atomic E-state index is 11.8. The van der Waals surface area contributed by atoms with Crippen LogP contribution in [0, 0.1) is 6.92 Å². The minimum absolute atomic E-state index is 0.215. The number of carbonyl (C=O) groups excluding carboxylic acids is 1. The summed E-state index contributed by atoms with van der Waals surface area (Å²) >= 11 is 0. The van der Waals surface area contributed by atoms with Crippen LogP contribution in [0.2, 0.25) is 0 Å². The van der Waals surface area contributed by atoms with Crippen LogP contribution in [-0.2, 0) is 0 Å². The predicted molar refractivity (Wildman–Crippen MR) is 53.1 cm³/mol. The number of rotatable bonds is 1. The standard InChI is InChI=1S/C9H9N5O/c1-6-4-8(10)14(13-6)9(15)7-5-11-2-3-12-7/h2-5H,10H2,1H3. The molecule has 2 N–H and O–H groups in total. The molecule has 0 aliphatic carbocycles. The zero-order chi connectivity index (χ0) is 10.8. The second-order valence-electron chi connectivity index (χ2n) is 3.02. The highest BCUT2D eigenvalue weighted by atomic mass is 16.2. The number of nitrogen functional groups attached to an aromatic ring is 1. The van der Waals surface area contributed by atoms with Crippen molar-refractivity contribution in [3.8, 4) is 0 Å².